The molecule has 0 atom stereocenters. The number of rotatable bonds is 5. The lowest BCUT2D eigenvalue weighted by molar-refractivity contribution is -0.122. The van der Waals surface area contributed by atoms with E-state index in [1.807, 2.05) is 54.1 Å². The maximum Gasteiger partial charge on any atom is 0.336 e. The molecule has 1 aliphatic rings. The Bertz CT molecular complexity index is 1150. The van der Waals surface area contributed by atoms with Crippen LogP contribution in [0.25, 0.3) is 11.8 Å². The summed E-state index contributed by atoms with van der Waals surface area (Å²) in [5.41, 5.74) is 1.65. The standard InChI is InChI=1S/C23H19N3O4/c1-2-30-20-13-7-6-12-19(20)26-22(28)18(21(27)24-23(26)29)15-17-11-8-14-25(17)16-9-4-3-5-10-16/h3-15H,2H2,1H3,(H,24,27,29)/b18-15+. The van der Waals surface area contributed by atoms with Crippen LogP contribution in [0.5, 0.6) is 5.75 Å². The maximum absolute atomic E-state index is 13.2. The van der Waals surface area contributed by atoms with Crippen LogP contribution >= 0.6 is 0 Å². The minimum atomic E-state index is -0.812. The van der Waals surface area contributed by atoms with Crippen molar-refractivity contribution in [3.05, 3.63) is 84.2 Å². The summed E-state index contributed by atoms with van der Waals surface area (Å²) in [7, 11) is 0. The van der Waals surface area contributed by atoms with E-state index in [9.17, 15) is 14.4 Å². The Morgan fingerprint density at radius 2 is 1.67 bits per heavy atom. The van der Waals surface area contributed by atoms with Crippen molar-refractivity contribution in [3.8, 4) is 11.4 Å². The SMILES string of the molecule is CCOc1ccccc1N1C(=O)NC(=O)/C(=C\c2cccn2-c2ccccc2)C1=O. The number of carbonyl (C=O) groups excluding carboxylic acids is 3. The summed E-state index contributed by atoms with van der Waals surface area (Å²) in [5, 5.41) is 2.24. The number of ether oxygens (including phenoxy) is 1. The third kappa shape index (κ3) is 3.48. The molecule has 7 heteroatoms. The molecule has 1 aromatic heterocycles. The summed E-state index contributed by atoms with van der Waals surface area (Å²) in [6.45, 7) is 2.17. The first-order valence-electron chi connectivity index (χ1n) is 9.46. The molecular formula is C23H19N3O4. The highest BCUT2D eigenvalue weighted by molar-refractivity contribution is 6.39. The molecule has 0 saturated carbocycles. The Labute approximate surface area is 173 Å². The maximum atomic E-state index is 13.2. The number of nitrogens with zero attached hydrogens (tertiary/aromatic N) is 2. The molecule has 2 heterocycles. The molecule has 0 unspecified atom stereocenters. The van der Waals surface area contributed by atoms with E-state index in [4.69, 9.17) is 4.74 Å². The number of hydrogen-bond acceptors (Lipinski definition) is 4. The zero-order valence-corrected chi connectivity index (χ0v) is 16.2. The van der Waals surface area contributed by atoms with Crippen molar-refractivity contribution in [3.63, 3.8) is 0 Å². The van der Waals surface area contributed by atoms with Crippen molar-refractivity contribution in [2.24, 2.45) is 0 Å². The molecule has 4 rings (SSSR count). The van der Waals surface area contributed by atoms with E-state index in [1.54, 1.807) is 30.3 Å². The number of para-hydroxylation sites is 3. The molecule has 30 heavy (non-hydrogen) atoms. The third-order valence-corrected chi connectivity index (χ3v) is 4.61. The van der Waals surface area contributed by atoms with Crippen LogP contribution in [-0.2, 0) is 9.59 Å². The molecule has 0 spiro atoms. The Balaban J connectivity index is 1.76. The molecule has 1 aliphatic heterocycles. The quantitative estimate of drug-likeness (QED) is 0.524. The first-order chi connectivity index (χ1) is 14.6. The van der Waals surface area contributed by atoms with Crippen LogP contribution in [-0.4, -0.2) is 29.0 Å². The molecule has 0 radical (unpaired) electrons. The Hall–Kier alpha value is -4.13. The van der Waals surface area contributed by atoms with Crippen molar-refractivity contribution < 1.29 is 19.1 Å². The highest BCUT2D eigenvalue weighted by Gasteiger charge is 2.38. The van der Waals surface area contributed by atoms with Crippen LogP contribution < -0.4 is 15.0 Å². The summed E-state index contributed by atoms with van der Waals surface area (Å²) in [5.74, 6) is -1.07. The Kier molecular flexibility index (Phi) is 5.17. The van der Waals surface area contributed by atoms with Gasteiger partial charge in [-0.1, -0.05) is 30.3 Å². The second-order valence-electron chi connectivity index (χ2n) is 6.50. The fourth-order valence-corrected chi connectivity index (χ4v) is 3.28. The smallest absolute Gasteiger partial charge is 0.336 e. The lowest BCUT2D eigenvalue weighted by atomic mass is 10.1. The van der Waals surface area contributed by atoms with E-state index < -0.39 is 17.8 Å². The van der Waals surface area contributed by atoms with Gasteiger partial charge in [0, 0.05) is 17.6 Å². The predicted octanol–water partition coefficient (Wildman–Crippen LogP) is 3.54. The van der Waals surface area contributed by atoms with Gasteiger partial charge in [0.25, 0.3) is 11.8 Å². The number of barbiturate groups is 1. The van der Waals surface area contributed by atoms with Crippen molar-refractivity contribution >= 4 is 29.6 Å². The summed E-state index contributed by atoms with van der Waals surface area (Å²) in [6, 6.07) is 19.0. The van der Waals surface area contributed by atoms with E-state index in [1.165, 1.54) is 6.08 Å². The van der Waals surface area contributed by atoms with Crippen LogP contribution in [0.2, 0.25) is 0 Å². The van der Waals surface area contributed by atoms with Gasteiger partial charge < -0.3 is 9.30 Å². The molecular weight excluding hydrogens is 382 g/mol. The fourth-order valence-electron chi connectivity index (χ4n) is 3.28. The molecule has 2 aromatic carbocycles. The summed E-state index contributed by atoms with van der Waals surface area (Å²) in [4.78, 5) is 39.1. The average Bonchev–Trinajstić information content (AvgIpc) is 3.21. The van der Waals surface area contributed by atoms with Gasteiger partial charge in [0.2, 0.25) is 0 Å². The highest BCUT2D eigenvalue weighted by Crippen LogP contribution is 2.31. The molecule has 0 aliphatic carbocycles. The third-order valence-electron chi connectivity index (χ3n) is 4.61. The zero-order valence-electron chi connectivity index (χ0n) is 16.2. The van der Waals surface area contributed by atoms with Gasteiger partial charge in [-0.25, -0.2) is 9.69 Å². The van der Waals surface area contributed by atoms with Crippen molar-refractivity contribution in [2.75, 3.05) is 11.5 Å². The van der Waals surface area contributed by atoms with Crippen LogP contribution in [0.3, 0.4) is 0 Å². The van der Waals surface area contributed by atoms with Crippen molar-refractivity contribution in [1.82, 2.24) is 9.88 Å². The van der Waals surface area contributed by atoms with Crippen molar-refractivity contribution in [2.45, 2.75) is 6.92 Å². The van der Waals surface area contributed by atoms with Crippen LogP contribution in [0.15, 0.2) is 78.5 Å². The lowest BCUT2D eigenvalue weighted by Gasteiger charge is -2.27. The van der Waals surface area contributed by atoms with E-state index in [0.717, 1.165) is 10.6 Å². The molecule has 1 N–H and O–H groups in total. The number of aromatic nitrogens is 1. The second kappa shape index (κ2) is 8.08. The Morgan fingerprint density at radius 1 is 0.933 bits per heavy atom. The predicted molar refractivity (Wildman–Crippen MR) is 112 cm³/mol. The molecule has 3 aromatic rings. The topological polar surface area (TPSA) is 80.6 Å². The lowest BCUT2D eigenvalue weighted by Crippen LogP contribution is -2.54. The van der Waals surface area contributed by atoms with E-state index in [0.29, 0.717) is 18.1 Å². The summed E-state index contributed by atoms with van der Waals surface area (Å²) < 4.78 is 7.40. The van der Waals surface area contributed by atoms with Gasteiger partial charge in [0.15, 0.2) is 0 Å². The average molecular weight is 401 g/mol. The van der Waals surface area contributed by atoms with Crippen LogP contribution in [0.1, 0.15) is 12.6 Å². The first kappa shape index (κ1) is 19.2. The van der Waals surface area contributed by atoms with Gasteiger partial charge >= 0.3 is 6.03 Å². The highest BCUT2D eigenvalue weighted by atomic mass is 16.5. The number of nitrogens with one attached hydrogen (secondary N) is 1. The number of urea groups is 1. The number of amides is 4. The van der Waals surface area contributed by atoms with Gasteiger partial charge in [0.05, 0.1) is 12.3 Å². The van der Waals surface area contributed by atoms with Crippen LogP contribution in [0, 0.1) is 0 Å². The summed E-state index contributed by atoms with van der Waals surface area (Å²) >= 11 is 0. The first-order valence-corrected chi connectivity index (χ1v) is 9.46. The van der Waals surface area contributed by atoms with Gasteiger partial charge in [-0.2, -0.15) is 0 Å². The molecule has 4 amide bonds. The van der Waals surface area contributed by atoms with Gasteiger partial charge in [-0.05, 0) is 49.4 Å². The molecule has 7 nitrogen and oxygen atoms in total. The molecule has 0 bridgehead atoms. The number of carbonyl (C=O) groups is 3. The molecule has 150 valence electrons. The normalized spacial score (nSPS) is 15.4. The van der Waals surface area contributed by atoms with E-state index >= 15 is 0 Å². The fraction of sp³-hybridized carbons (Fsp3) is 0.0870. The minimum absolute atomic E-state index is 0.142. The van der Waals surface area contributed by atoms with Gasteiger partial charge in [0.1, 0.15) is 11.3 Å². The number of anilines is 1. The summed E-state index contributed by atoms with van der Waals surface area (Å²) in [6.07, 6.45) is 3.31. The number of benzene rings is 2. The molecule has 1 saturated heterocycles. The second-order valence-corrected chi connectivity index (χ2v) is 6.50. The van der Waals surface area contributed by atoms with Crippen molar-refractivity contribution in [1.29, 1.82) is 0 Å². The van der Waals surface area contributed by atoms with E-state index in [-0.39, 0.29) is 11.3 Å². The minimum Gasteiger partial charge on any atom is -0.492 e. The van der Waals surface area contributed by atoms with Gasteiger partial charge in [-0.15, -0.1) is 0 Å². The number of hydrogen-bond donors (Lipinski definition) is 1. The van der Waals surface area contributed by atoms with E-state index in [2.05, 4.69) is 5.32 Å². The zero-order chi connectivity index (χ0) is 21.1. The van der Waals surface area contributed by atoms with Crippen LogP contribution in [0.4, 0.5) is 10.5 Å². The largest absolute Gasteiger partial charge is 0.492 e. The molecule has 1 fully saturated rings. The monoisotopic (exact) mass is 401 g/mol. The van der Waals surface area contributed by atoms with Gasteiger partial charge in [-0.3, -0.25) is 14.9 Å². The Morgan fingerprint density at radius 3 is 2.43 bits per heavy atom. The number of imide groups is 2.